The van der Waals surface area contributed by atoms with E-state index in [0.29, 0.717) is 17.4 Å². The van der Waals surface area contributed by atoms with Gasteiger partial charge in [-0.1, -0.05) is 147 Å². The van der Waals surface area contributed by atoms with Crippen molar-refractivity contribution in [3.05, 3.63) is 178 Å². The summed E-state index contributed by atoms with van der Waals surface area (Å²) in [5, 5.41) is 0. The predicted octanol–water partition coefficient (Wildman–Crippen LogP) is 14.3. The molecule has 0 N–H and O–H groups in total. The van der Waals surface area contributed by atoms with Crippen LogP contribution in [0.2, 0.25) is 23.7 Å². The third-order valence-corrected chi connectivity index (χ3v) is 22.2. The highest BCUT2D eigenvalue weighted by molar-refractivity contribution is 6.82. The van der Waals surface area contributed by atoms with E-state index in [1.165, 1.54) is 16.8 Å². The molecule has 65 heavy (non-hydrogen) atoms. The molecule has 0 bridgehead atoms. The van der Waals surface area contributed by atoms with Crippen LogP contribution in [-0.4, -0.2) is 32.4 Å². The zero-order valence-electron chi connectivity index (χ0n) is 38.2. The molecule has 340 valence electrons. The molecule has 4 aromatic rings. The number of unbranched alkanes of at least 4 members (excludes halogenated alkanes) is 3. The van der Waals surface area contributed by atoms with E-state index in [1.54, 1.807) is 0 Å². The van der Waals surface area contributed by atoms with Gasteiger partial charge >= 0.3 is 0 Å². The van der Waals surface area contributed by atoms with E-state index in [4.69, 9.17) is 4.74 Å². The first-order valence-corrected chi connectivity index (χ1v) is 26.8. The SMILES string of the molecule is Cc1ccc2c(c1)C1C(C3C=CC=CC3C1[Si](C)(CCCCCCOC(C)(C)C)C1C3C=CC=CC3C3C1c1ccccc1N3Cc1ccccc1)N2Cc1c(F)c(F)c(F)c(F)c1F. The highest BCUT2D eigenvalue weighted by Gasteiger charge is 2.68. The van der Waals surface area contributed by atoms with Crippen LogP contribution >= 0.6 is 0 Å². The van der Waals surface area contributed by atoms with Crippen molar-refractivity contribution in [1.82, 2.24) is 0 Å². The van der Waals surface area contributed by atoms with Crippen LogP contribution in [0.25, 0.3) is 0 Å². The predicted molar refractivity (Wildman–Crippen MR) is 254 cm³/mol. The van der Waals surface area contributed by atoms with Crippen molar-refractivity contribution >= 4 is 19.4 Å². The average Bonchev–Trinajstić information content (AvgIpc) is 4.01. The summed E-state index contributed by atoms with van der Waals surface area (Å²) in [7, 11) is -2.59. The van der Waals surface area contributed by atoms with Crippen LogP contribution < -0.4 is 9.80 Å². The lowest BCUT2D eigenvalue weighted by molar-refractivity contribution is -0.00471. The van der Waals surface area contributed by atoms with E-state index < -0.39 is 49.3 Å². The van der Waals surface area contributed by atoms with Gasteiger partial charge < -0.3 is 14.5 Å². The van der Waals surface area contributed by atoms with Gasteiger partial charge in [0.15, 0.2) is 23.3 Å². The molecule has 4 aromatic carbocycles. The molecule has 6 aliphatic rings. The Morgan fingerprint density at radius 2 is 1.09 bits per heavy atom. The Balaban J connectivity index is 1.11. The summed E-state index contributed by atoms with van der Waals surface area (Å²) in [6, 6.07) is 27.4. The zero-order valence-corrected chi connectivity index (χ0v) is 39.2. The molecular weight excluding hydrogens is 840 g/mol. The molecule has 2 saturated carbocycles. The maximum atomic E-state index is 15.7. The lowest BCUT2D eigenvalue weighted by Crippen LogP contribution is -2.48. The van der Waals surface area contributed by atoms with Gasteiger partial charge in [0.25, 0.3) is 0 Å². The van der Waals surface area contributed by atoms with Crippen molar-refractivity contribution < 1.29 is 26.7 Å². The summed E-state index contributed by atoms with van der Waals surface area (Å²) in [5.41, 5.74) is 6.76. The van der Waals surface area contributed by atoms with Crippen LogP contribution in [0.15, 0.2) is 121 Å². The highest BCUT2D eigenvalue weighted by atomic mass is 28.3. The van der Waals surface area contributed by atoms with Crippen LogP contribution in [0.4, 0.5) is 33.3 Å². The lowest BCUT2D eigenvalue weighted by Gasteiger charge is -2.48. The first-order valence-electron chi connectivity index (χ1n) is 23.9. The van der Waals surface area contributed by atoms with Crippen LogP contribution in [0, 0.1) is 59.7 Å². The number of aryl methyl sites for hydroxylation is 1. The maximum absolute atomic E-state index is 15.7. The molecular formula is C56H61F5N2OSi. The molecule has 2 aliphatic heterocycles. The van der Waals surface area contributed by atoms with Crippen LogP contribution in [0.3, 0.4) is 0 Å². The van der Waals surface area contributed by atoms with Gasteiger partial charge in [-0.25, -0.2) is 22.0 Å². The minimum absolute atomic E-state index is 0.0110. The summed E-state index contributed by atoms with van der Waals surface area (Å²) in [6.45, 7) is 12.3. The Morgan fingerprint density at radius 3 is 1.72 bits per heavy atom. The van der Waals surface area contributed by atoms with Crippen LogP contribution in [0.5, 0.6) is 0 Å². The number of hydrogen-bond acceptors (Lipinski definition) is 3. The Bertz CT molecular complexity index is 2540. The smallest absolute Gasteiger partial charge is 0.200 e. The Hall–Kier alpha value is -4.73. The van der Waals surface area contributed by atoms with Gasteiger partial charge in [0, 0.05) is 72.4 Å². The van der Waals surface area contributed by atoms with E-state index in [9.17, 15) is 13.2 Å². The Kier molecular flexibility index (Phi) is 11.7. The average molecular weight is 901 g/mol. The number of rotatable bonds is 13. The van der Waals surface area contributed by atoms with Gasteiger partial charge in [-0.05, 0) is 85.9 Å². The molecule has 0 aromatic heterocycles. The van der Waals surface area contributed by atoms with Crippen molar-refractivity contribution in [1.29, 1.82) is 0 Å². The third kappa shape index (κ3) is 7.47. The number of benzene rings is 4. The highest BCUT2D eigenvalue weighted by Crippen LogP contribution is 2.72. The van der Waals surface area contributed by atoms with E-state index in [-0.39, 0.29) is 46.9 Å². The molecule has 10 rings (SSSR count). The molecule has 0 amide bonds. The van der Waals surface area contributed by atoms with Gasteiger partial charge in [-0.2, -0.15) is 0 Å². The quantitative estimate of drug-likeness (QED) is 0.0437. The van der Waals surface area contributed by atoms with E-state index in [1.807, 2.05) is 17.0 Å². The van der Waals surface area contributed by atoms with E-state index in [0.717, 1.165) is 61.7 Å². The second-order valence-electron chi connectivity index (χ2n) is 21.0. The molecule has 2 fully saturated rings. The number of halogens is 5. The van der Waals surface area contributed by atoms with Gasteiger partial charge in [-0.15, -0.1) is 0 Å². The van der Waals surface area contributed by atoms with Gasteiger partial charge in [-0.3, -0.25) is 0 Å². The molecule has 3 nitrogen and oxygen atoms in total. The summed E-state index contributed by atoms with van der Waals surface area (Å²) < 4.78 is 81.9. The Labute approximate surface area is 382 Å². The van der Waals surface area contributed by atoms with Gasteiger partial charge in [0.2, 0.25) is 5.82 Å². The summed E-state index contributed by atoms with van der Waals surface area (Å²) in [5.74, 6) is -8.41. The number of hydrogen-bond donors (Lipinski definition) is 0. The fourth-order valence-corrected chi connectivity index (χ4v) is 20.8. The molecule has 4 aliphatic carbocycles. The topological polar surface area (TPSA) is 15.7 Å². The van der Waals surface area contributed by atoms with Crippen molar-refractivity contribution in [2.24, 2.45) is 23.7 Å². The first-order chi connectivity index (χ1) is 31.3. The van der Waals surface area contributed by atoms with E-state index >= 15 is 8.78 Å². The van der Waals surface area contributed by atoms with Gasteiger partial charge in [0.05, 0.1) is 13.7 Å². The molecule has 2 heterocycles. The van der Waals surface area contributed by atoms with Crippen molar-refractivity contribution in [3.8, 4) is 0 Å². The summed E-state index contributed by atoms with van der Waals surface area (Å²) >= 11 is 0. The minimum atomic E-state index is -2.59. The number of nitrogens with zero attached hydrogens (tertiary/aromatic N) is 2. The first kappa shape index (κ1) is 44.1. The fraction of sp³-hybridized carbons (Fsp3) is 0.429. The summed E-state index contributed by atoms with van der Waals surface area (Å²) in [6.07, 6.45) is 22.8. The van der Waals surface area contributed by atoms with Crippen LogP contribution in [0.1, 0.15) is 86.1 Å². The molecule has 0 spiro atoms. The van der Waals surface area contributed by atoms with E-state index in [2.05, 4.69) is 148 Å². The minimum Gasteiger partial charge on any atom is -0.376 e. The lowest BCUT2D eigenvalue weighted by atomic mass is 9.88. The second kappa shape index (κ2) is 17.2. The Morgan fingerprint density at radius 1 is 0.569 bits per heavy atom. The van der Waals surface area contributed by atoms with Crippen molar-refractivity contribution in [2.45, 2.75) is 120 Å². The number of allylic oxidation sites excluding steroid dienone is 6. The summed E-state index contributed by atoms with van der Waals surface area (Å²) in [4.78, 5) is 4.73. The second-order valence-corrected chi connectivity index (χ2v) is 25.8. The van der Waals surface area contributed by atoms with Gasteiger partial charge in [0.1, 0.15) is 0 Å². The third-order valence-electron chi connectivity index (χ3n) is 16.2. The molecule has 9 heteroatoms. The number of para-hydroxylation sites is 1. The number of fused-ring (bicyclic) bond motifs is 10. The number of anilines is 2. The van der Waals surface area contributed by atoms with Crippen molar-refractivity contribution in [2.75, 3.05) is 16.4 Å². The zero-order chi connectivity index (χ0) is 45.4. The largest absolute Gasteiger partial charge is 0.376 e. The monoisotopic (exact) mass is 900 g/mol. The molecule has 0 saturated heterocycles. The van der Waals surface area contributed by atoms with Crippen molar-refractivity contribution in [3.63, 3.8) is 0 Å². The molecule has 0 radical (unpaired) electrons. The normalized spacial score (nSPS) is 28.8. The number of ether oxygens (including phenoxy) is 1. The van der Waals surface area contributed by atoms with Crippen LogP contribution in [-0.2, 0) is 17.8 Å². The standard InChI is InChI=1S/C56H61F5N2OSi/c1-34-27-28-44-41(31-34)46-53(63(44)33-42-47(57)49(59)51(61)50(60)48(42)58)37-22-12-14-24-39(37)55(46)65(5,30-18-7-6-17-29-64-56(2,3)4)54-38-23-13-11-21-36(38)52-45(54)40-25-15-16-26-43(40)62(52)32-35-19-9-8-10-20-35/h8-16,19-28,31,36-39,45-46,52-55H,6-7,17-18,29-30,32-33H2,1-5H3. The molecule has 11 unspecified atom stereocenters. The fourth-order valence-electron chi connectivity index (χ4n) is 13.9. The molecule has 11 atom stereocenters. The maximum Gasteiger partial charge on any atom is 0.200 e.